The lowest BCUT2D eigenvalue weighted by atomic mass is 10.1. The van der Waals surface area contributed by atoms with E-state index in [-0.39, 0.29) is 99.9 Å². The highest BCUT2D eigenvalue weighted by Crippen LogP contribution is 2.42. The van der Waals surface area contributed by atoms with Crippen molar-refractivity contribution in [3.63, 3.8) is 0 Å². The first-order valence-corrected chi connectivity index (χ1v) is 29.7. The van der Waals surface area contributed by atoms with E-state index >= 15 is 0 Å². The van der Waals surface area contributed by atoms with Gasteiger partial charge in [0, 0.05) is 55.5 Å². The number of ether oxygens (including phenoxy) is 1. The molecule has 31 heteroatoms. The Hall–Kier alpha value is -8.43. The Morgan fingerprint density at radius 1 is 0.817 bits per heavy atom. The molecule has 0 saturated carbocycles. The van der Waals surface area contributed by atoms with E-state index in [1.807, 2.05) is 0 Å². The molecule has 0 spiro atoms. The second-order valence-corrected chi connectivity index (χ2v) is 23.5. The Bertz CT molecular complexity index is 3990. The molecule has 1 aromatic carbocycles. The molecule has 0 radical (unpaired) electrons. The van der Waals surface area contributed by atoms with Crippen molar-refractivity contribution in [3.05, 3.63) is 124 Å². The number of carbonyl (C=O) groups is 8. The molecule has 12 bridgehead atoms. The summed E-state index contributed by atoms with van der Waals surface area (Å²) in [5.41, 5.74) is 6.39. The van der Waals surface area contributed by atoms with Crippen molar-refractivity contribution >= 4 is 132 Å². The highest BCUT2D eigenvalue weighted by Gasteiger charge is 2.33. The minimum atomic E-state index is -1.84. The van der Waals surface area contributed by atoms with Crippen molar-refractivity contribution in [3.8, 4) is 38.4 Å². The van der Waals surface area contributed by atoms with Gasteiger partial charge in [0.15, 0.2) is 6.10 Å². The van der Waals surface area contributed by atoms with Crippen molar-refractivity contribution < 1.29 is 58.4 Å². The molecule has 9 heterocycles. The number of nitrogens with one attached hydrogen (secondary N) is 6. The molecule has 2 aliphatic heterocycles. The smallest absolute Gasteiger partial charge is 0.335 e. The number of benzene rings is 1. The van der Waals surface area contributed by atoms with E-state index in [9.17, 15) is 53.7 Å². The molecule has 6 amide bonds. The summed E-state index contributed by atoms with van der Waals surface area (Å²) in [6, 6.07) is 2.64. The number of aryl methyl sites for hydroxylation is 1. The van der Waals surface area contributed by atoms with Crippen molar-refractivity contribution in [2.75, 3.05) is 5.75 Å². The maximum atomic E-state index is 14.5. The van der Waals surface area contributed by atoms with E-state index in [2.05, 4.69) is 58.1 Å². The van der Waals surface area contributed by atoms with Crippen LogP contribution in [-0.4, -0.2) is 121 Å². The van der Waals surface area contributed by atoms with Gasteiger partial charge in [-0.2, -0.15) is 0 Å². The van der Waals surface area contributed by atoms with Crippen LogP contribution in [-0.2, 0) is 25.7 Å². The van der Waals surface area contributed by atoms with Crippen LogP contribution in [0.4, 0.5) is 0 Å². The summed E-state index contributed by atoms with van der Waals surface area (Å²) in [5.74, 6) is -6.66. The minimum Gasteiger partial charge on any atom is -0.506 e. The predicted octanol–water partition coefficient (Wildman–Crippen LogP) is 4.88. The van der Waals surface area contributed by atoms with Crippen LogP contribution in [0.15, 0.2) is 69.5 Å². The summed E-state index contributed by atoms with van der Waals surface area (Å²) in [5, 5.41) is 55.1. The number of aliphatic hydroxyl groups is 2. The van der Waals surface area contributed by atoms with Gasteiger partial charge >= 0.3 is 5.97 Å². The van der Waals surface area contributed by atoms with Crippen molar-refractivity contribution in [1.82, 2.24) is 61.5 Å². The van der Waals surface area contributed by atoms with Crippen LogP contribution >= 0.6 is 68.4 Å². The molecule has 0 aliphatic carbocycles. The average Bonchev–Trinajstić information content (AvgIpc) is 4.37. The molecule has 8 aromatic rings. The van der Waals surface area contributed by atoms with Gasteiger partial charge in [-0.1, -0.05) is 36.5 Å². The van der Waals surface area contributed by atoms with E-state index in [4.69, 9.17) is 20.4 Å². The van der Waals surface area contributed by atoms with Crippen LogP contribution < -0.4 is 32.3 Å². The number of allylic oxidation sites excluding steroid dienone is 1. The number of aromatic amines is 1. The number of fused-ring (bicyclic) bond motifs is 13. The van der Waals surface area contributed by atoms with E-state index in [1.165, 1.54) is 40.6 Å². The predicted molar refractivity (Wildman–Crippen MR) is 305 cm³/mol. The normalized spacial score (nSPS) is 19.2. The summed E-state index contributed by atoms with van der Waals surface area (Å²) in [4.78, 5) is 140. The number of thioether (sulfide) groups is 1. The quantitative estimate of drug-likeness (QED) is 0.0810. The number of H-pyrrole nitrogens is 1. The maximum absolute atomic E-state index is 14.5. The molecule has 82 heavy (non-hydrogen) atoms. The van der Waals surface area contributed by atoms with Gasteiger partial charge in [-0.25, -0.2) is 34.7 Å². The lowest BCUT2D eigenvalue weighted by molar-refractivity contribution is -0.155. The lowest BCUT2D eigenvalue weighted by Crippen LogP contribution is -2.52. The third kappa shape index (κ3) is 11.7. The molecular formula is C51H43N13O12S6. The third-order valence-corrected chi connectivity index (χ3v) is 18.1. The molecule has 0 unspecified atom stereocenters. The molecular weight excluding hydrogens is 1180 g/mol. The number of primary amides is 1. The van der Waals surface area contributed by atoms with Gasteiger partial charge < -0.3 is 57.4 Å². The number of thiazole rings is 5. The first-order chi connectivity index (χ1) is 39.2. The molecule has 420 valence electrons. The van der Waals surface area contributed by atoms with E-state index < -0.39 is 89.0 Å². The molecule has 0 fully saturated rings. The number of nitrogens with zero attached hydrogens (tertiary/aromatic N) is 6. The van der Waals surface area contributed by atoms with Gasteiger partial charge in [-0.3, -0.25) is 33.6 Å². The molecule has 11 N–H and O–H groups in total. The summed E-state index contributed by atoms with van der Waals surface area (Å²) in [6.07, 6.45) is -2.29. The monoisotopic (exact) mass is 1220 g/mol. The lowest BCUT2D eigenvalue weighted by Gasteiger charge is -2.21. The second-order valence-electron chi connectivity index (χ2n) is 18.2. The largest absolute Gasteiger partial charge is 0.506 e. The standard InChI is InChI=1S/C51H43N13O12S6/c1-5-23-46-60-28(14-79-46)41(70)56-25-10-33(67)50(74)76-11-21-7-6-8-24-34(21)18(2)35(54-24)51(75)82-17-31(57-42(71)29-15-80-47(25)61-29)48-58-26(12-78-48)37-22(45-59-30(13-77-45)43(72)64-36(20(4)65)44(73)55-23)9-32(66)38(63-37)49-62-27(16-81-49)40(69)53-19(3)39(52)68/h5-9,12-16,20,25,31,33,36,54,65-67H,3,10-11,17H2,1-2,4H3,(H2,52,68)(H,53,69)(H,55,73)(H,56,70)(H,57,71)(H,64,72)/b23-5+/t20-,25-,31+,33+,36-/m1/s1. The van der Waals surface area contributed by atoms with Crippen LogP contribution in [0.1, 0.15) is 111 Å². The number of aliphatic hydroxyl groups excluding tert-OH is 2. The van der Waals surface area contributed by atoms with Crippen molar-refractivity contribution in [1.29, 1.82) is 0 Å². The number of amides is 6. The van der Waals surface area contributed by atoms with Crippen LogP contribution in [0.2, 0.25) is 0 Å². The van der Waals surface area contributed by atoms with E-state index in [0.717, 1.165) is 68.4 Å². The average molecular weight is 1220 g/mol. The minimum absolute atomic E-state index is 0.0405. The van der Waals surface area contributed by atoms with Crippen LogP contribution in [0, 0.1) is 6.92 Å². The first kappa shape index (κ1) is 56.8. The fraction of sp³-hybridized carbons (Fsp3) is 0.216. The number of hydrogen-bond donors (Lipinski definition) is 10. The van der Waals surface area contributed by atoms with Crippen LogP contribution in [0.3, 0.4) is 0 Å². The number of aromatic hydroxyl groups is 1. The fourth-order valence-electron chi connectivity index (χ4n) is 8.44. The van der Waals surface area contributed by atoms with E-state index in [1.54, 1.807) is 37.4 Å². The summed E-state index contributed by atoms with van der Waals surface area (Å²) >= 11 is 5.73. The third-order valence-electron chi connectivity index (χ3n) is 12.6. The summed E-state index contributed by atoms with van der Waals surface area (Å²) < 4.78 is 5.63. The molecule has 5 atom stereocenters. The first-order valence-electron chi connectivity index (χ1n) is 24.3. The zero-order chi connectivity index (χ0) is 58.3. The van der Waals surface area contributed by atoms with Gasteiger partial charge in [-0.05, 0) is 44.0 Å². The van der Waals surface area contributed by atoms with Gasteiger partial charge in [0.1, 0.15) is 83.3 Å². The van der Waals surface area contributed by atoms with Crippen LogP contribution in [0.5, 0.6) is 5.75 Å². The Kier molecular flexibility index (Phi) is 16.3. The zero-order valence-corrected chi connectivity index (χ0v) is 47.6. The molecule has 10 rings (SSSR count). The number of rotatable bonds is 5. The fourth-order valence-corrected chi connectivity index (χ4v) is 13.6. The molecule has 0 saturated heterocycles. The Morgan fingerprint density at radius 3 is 2.17 bits per heavy atom. The summed E-state index contributed by atoms with van der Waals surface area (Å²) in [6.45, 7) is 7.74. The number of esters is 1. The number of carbonyl (C=O) groups excluding carboxylic acids is 8. The van der Waals surface area contributed by atoms with Gasteiger partial charge in [0.2, 0.25) is 11.0 Å². The Morgan fingerprint density at radius 2 is 1.45 bits per heavy atom. The Balaban J connectivity index is 1.11. The molecule has 2 aliphatic rings. The van der Waals surface area contributed by atoms with Crippen molar-refractivity contribution in [2.45, 2.75) is 64.1 Å². The second kappa shape index (κ2) is 23.6. The van der Waals surface area contributed by atoms with Gasteiger partial charge in [0.05, 0.1) is 35.3 Å². The zero-order valence-electron chi connectivity index (χ0n) is 42.7. The molecule has 25 nitrogen and oxygen atoms in total. The number of pyridine rings is 1. The Labute approximate surface area is 486 Å². The van der Waals surface area contributed by atoms with E-state index in [0.29, 0.717) is 22.0 Å². The highest BCUT2D eigenvalue weighted by atomic mass is 32.2. The van der Waals surface area contributed by atoms with Crippen LogP contribution in [0.25, 0.3) is 49.3 Å². The number of aromatic nitrogens is 7. The summed E-state index contributed by atoms with van der Waals surface area (Å²) in [7, 11) is 0. The van der Waals surface area contributed by atoms with Crippen molar-refractivity contribution in [2.24, 2.45) is 5.73 Å². The molecule has 7 aromatic heterocycles. The van der Waals surface area contributed by atoms with Gasteiger partial charge in [0.25, 0.3) is 29.5 Å². The SMILES string of the molecule is C=C(NC(=O)c1csc(-c2nc3c(cc2O)-c2nc(cs2)C(=O)N[C@H]([C@@H](C)O)C(=O)N/C(=C/C)c2nc(cs2)C(=O)N[C@@H]2C[C@H](O)C(=O)OCc4cccc5[nH]c(c(C)c45)C(=O)SC[C@H](NC(=O)c4csc2n4)c2nc-3cs2)n1)C(N)=O. The number of cyclic esters (lactones) is 1. The number of hydrogen-bond acceptors (Lipinski definition) is 24. The number of nitrogens with two attached hydrogens (primary N) is 1. The maximum Gasteiger partial charge on any atom is 0.335 e. The van der Waals surface area contributed by atoms with Gasteiger partial charge in [-0.15, -0.1) is 56.7 Å². The topological polar surface area (TPSA) is 386 Å². The highest BCUT2D eigenvalue weighted by molar-refractivity contribution is 8.14.